The van der Waals surface area contributed by atoms with Gasteiger partial charge in [-0.1, -0.05) is 29.8 Å². The topological polar surface area (TPSA) is 125 Å². The van der Waals surface area contributed by atoms with Crippen LogP contribution in [0.3, 0.4) is 0 Å². The van der Waals surface area contributed by atoms with Crippen molar-refractivity contribution in [2.24, 2.45) is 5.73 Å². The third kappa shape index (κ3) is 6.37. The second-order valence-corrected chi connectivity index (χ2v) is 8.50. The van der Waals surface area contributed by atoms with E-state index in [1.807, 2.05) is 0 Å². The lowest BCUT2D eigenvalue weighted by molar-refractivity contribution is -0.119. The molecule has 2 aromatic carbocycles. The zero-order valence-electron chi connectivity index (χ0n) is 15.7. The standard InChI is InChI=1S/C19H21ClN2O6S/c1-27-16-11-13(10-15(20)18(16)28-12-17(21)23)19(24)22-8-5-9-29(25,26)14-6-3-2-4-7-14/h2-4,6-7,10-11H,5,8-9,12H2,1H3,(H2,21,23)(H,22,24). The maximum atomic E-state index is 12.3. The summed E-state index contributed by atoms with van der Waals surface area (Å²) in [4.78, 5) is 23.5. The highest BCUT2D eigenvalue weighted by Gasteiger charge is 2.17. The molecule has 3 N–H and O–H groups in total. The Bertz CT molecular complexity index is 980. The van der Waals surface area contributed by atoms with E-state index in [1.165, 1.54) is 31.4 Å². The number of carbonyl (C=O) groups is 2. The minimum atomic E-state index is -3.41. The van der Waals surface area contributed by atoms with Crippen molar-refractivity contribution in [1.82, 2.24) is 5.32 Å². The monoisotopic (exact) mass is 440 g/mol. The first-order valence-electron chi connectivity index (χ1n) is 8.59. The molecule has 0 radical (unpaired) electrons. The molecule has 0 bridgehead atoms. The molecule has 2 aromatic rings. The fourth-order valence-corrected chi connectivity index (χ4v) is 4.04. The van der Waals surface area contributed by atoms with Crippen molar-refractivity contribution < 1.29 is 27.5 Å². The molecule has 0 saturated heterocycles. The van der Waals surface area contributed by atoms with E-state index in [0.717, 1.165) is 0 Å². The SMILES string of the molecule is COc1cc(C(=O)NCCCS(=O)(=O)c2ccccc2)cc(Cl)c1OCC(N)=O. The van der Waals surface area contributed by atoms with Gasteiger partial charge in [-0.3, -0.25) is 9.59 Å². The third-order valence-electron chi connectivity index (χ3n) is 3.83. The number of nitrogens with one attached hydrogen (secondary N) is 1. The van der Waals surface area contributed by atoms with Crippen LogP contribution in [-0.2, 0) is 14.6 Å². The van der Waals surface area contributed by atoms with Crippen LogP contribution in [0.5, 0.6) is 11.5 Å². The van der Waals surface area contributed by atoms with E-state index in [1.54, 1.807) is 18.2 Å². The van der Waals surface area contributed by atoms with Gasteiger partial charge in [-0.05, 0) is 30.7 Å². The van der Waals surface area contributed by atoms with Crippen molar-refractivity contribution in [3.63, 3.8) is 0 Å². The number of nitrogens with two attached hydrogens (primary N) is 1. The van der Waals surface area contributed by atoms with E-state index in [0.29, 0.717) is 0 Å². The van der Waals surface area contributed by atoms with Crippen LogP contribution in [0, 0.1) is 0 Å². The molecule has 0 spiro atoms. The van der Waals surface area contributed by atoms with E-state index in [2.05, 4.69) is 5.32 Å². The average Bonchev–Trinajstić information content (AvgIpc) is 2.70. The van der Waals surface area contributed by atoms with Crippen LogP contribution in [0.4, 0.5) is 0 Å². The first kappa shape index (κ1) is 22.5. The van der Waals surface area contributed by atoms with Gasteiger partial charge in [0.05, 0.1) is 22.8 Å². The van der Waals surface area contributed by atoms with Crippen LogP contribution in [0.2, 0.25) is 5.02 Å². The van der Waals surface area contributed by atoms with Gasteiger partial charge in [0.1, 0.15) is 0 Å². The van der Waals surface area contributed by atoms with Crippen LogP contribution >= 0.6 is 11.6 Å². The van der Waals surface area contributed by atoms with Crippen molar-refractivity contribution in [2.75, 3.05) is 26.0 Å². The summed E-state index contributed by atoms with van der Waals surface area (Å²) >= 11 is 6.11. The number of rotatable bonds is 10. The van der Waals surface area contributed by atoms with E-state index in [-0.39, 0.29) is 45.7 Å². The normalized spacial score (nSPS) is 11.0. The van der Waals surface area contributed by atoms with Crippen LogP contribution < -0.4 is 20.5 Å². The van der Waals surface area contributed by atoms with Crippen LogP contribution in [0.1, 0.15) is 16.8 Å². The molecule has 0 aromatic heterocycles. The smallest absolute Gasteiger partial charge is 0.255 e. The Labute approximate surface area is 173 Å². The van der Waals surface area contributed by atoms with Crippen molar-refractivity contribution >= 4 is 33.3 Å². The Morgan fingerprint density at radius 2 is 1.86 bits per heavy atom. The number of hydrogen-bond donors (Lipinski definition) is 2. The van der Waals surface area contributed by atoms with Gasteiger partial charge in [0.15, 0.2) is 27.9 Å². The molecule has 0 saturated carbocycles. The molecule has 0 atom stereocenters. The van der Waals surface area contributed by atoms with Gasteiger partial charge >= 0.3 is 0 Å². The van der Waals surface area contributed by atoms with Crippen LogP contribution in [0.25, 0.3) is 0 Å². The number of amides is 2. The lowest BCUT2D eigenvalue weighted by Crippen LogP contribution is -2.26. The number of sulfone groups is 1. The number of ether oxygens (including phenoxy) is 2. The Kier molecular flexibility index (Phi) is 7.86. The summed E-state index contributed by atoms with van der Waals surface area (Å²) in [7, 11) is -2.05. The predicted octanol–water partition coefficient (Wildman–Crippen LogP) is 1.81. The van der Waals surface area contributed by atoms with E-state index in [9.17, 15) is 18.0 Å². The molecule has 29 heavy (non-hydrogen) atoms. The summed E-state index contributed by atoms with van der Waals surface area (Å²) in [6.45, 7) is -0.234. The van der Waals surface area contributed by atoms with Gasteiger partial charge in [-0.15, -0.1) is 0 Å². The fourth-order valence-electron chi connectivity index (χ4n) is 2.45. The highest BCUT2D eigenvalue weighted by molar-refractivity contribution is 7.91. The second-order valence-electron chi connectivity index (χ2n) is 5.99. The summed E-state index contributed by atoms with van der Waals surface area (Å²) < 4.78 is 34.8. The van der Waals surface area contributed by atoms with Crippen LogP contribution in [-0.4, -0.2) is 46.2 Å². The highest BCUT2D eigenvalue weighted by atomic mass is 35.5. The minimum absolute atomic E-state index is 0.0717. The van der Waals surface area contributed by atoms with Crippen LogP contribution in [0.15, 0.2) is 47.4 Å². The summed E-state index contributed by atoms with van der Waals surface area (Å²) in [5, 5.41) is 2.71. The molecule has 0 heterocycles. The summed E-state index contributed by atoms with van der Waals surface area (Å²) in [5.41, 5.74) is 5.24. The lowest BCUT2D eigenvalue weighted by atomic mass is 10.2. The first-order chi connectivity index (χ1) is 13.7. The first-order valence-corrected chi connectivity index (χ1v) is 10.6. The highest BCUT2D eigenvalue weighted by Crippen LogP contribution is 2.36. The summed E-state index contributed by atoms with van der Waals surface area (Å²) in [6, 6.07) is 10.9. The predicted molar refractivity (Wildman–Crippen MR) is 108 cm³/mol. The van der Waals surface area contributed by atoms with Gasteiger partial charge < -0.3 is 20.5 Å². The maximum Gasteiger partial charge on any atom is 0.255 e. The van der Waals surface area contributed by atoms with Gasteiger partial charge in [-0.25, -0.2) is 8.42 Å². The quantitative estimate of drug-likeness (QED) is 0.543. The molecular formula is C19H21ClN2O6S. The molecule has 0 aliphatic carbocycles. The third-order valence-corrected chi connectivity index (χ3v) is 5.93. The van der Waals surface area contributed by atoms with Gasteiger partial charge in [0.2, 0.25) is 0 Å². The summed E-state index contributed by atoms with van der Waals surface area (Å²) in [6.07, 6.45) is 0.244. The molecule has 0 fully saturated rings. The Balaban J connectivity index is 1.97. The maximum absolute atomic E-state index is 12.3. The largest absolute Gasteiger partial charge is 0.493 e. The molecule has 2 rings (SSSR count). The fraction of sp³-hybridized carbons (Fsp3) is 0.263. The number of hydrogen-bond acceptors (Lipinski definition) is 6. The zero-order valence-corrected chi connectivity index (χ0v) is 17.3. The zero-order chi connectivity index (χ0) is 21.4. The van der Waals surface area contributed by atoms with Gasteiger partial charge in [-0.2, -0.15) is 0 Å². The molecule has 8 nitrogen and oxygen atoms in total. The van der Waals surface area contributed by atoms with Crippen molar-refractivity contribution in [1.29, 1.82) is 0 Å². The van der Waals surface area contributed by atoms with Crippen molar-refractivity contribution in [3.8, 4) is 11.5 Å². The molecule has 0 aliphatic rings. The Morgan fingerprint density at radius 1 is 1.17 bits per heavy atom. The van der Waals surface area contributed by atoms with Gasteiger partial charge in [0.25, 0.3) is 11.8 Å². The molecule has 0 aliphatic heterocycles. The molecule has 156 valence electrons. The minimum Gasteiger partial charge on any atom is -0.493 e. The average molecular weight is 441 g/mol. The summed E-state index contributed by atoms with van der Waals surface area (Å²) in [5.74, 6) is -0.977. The van der Waals surface area contributed by atoms with E-state index < -0.39 is 28.3 Å². The van der Waals surface area contributed by atoms with Crippen molar-refractivity contribution in [3.05, 3.63) is 53.1 Å². The second kappa shape index (κ2) is 10.1. The number of carbonyl (C=O) groups excluding carboxylic acids is 2. The van der Waals surface area contributed by atoms with Crippen molar-refractivity contribution in [2.45, 2.75) is 11.3 Å². The molecular weight excluding hydrogens is 420 g/mol. The van der Waals surface area contributed by atoms with E-state index >= 15 is 0 Å². The number of halogens is 1. The van der Waals surface area contributed by atoms with E-state index in [4.69, 9.17) is 26.8 Å². The molecule has 2 amide bonds. The number of primary amides is 1. The van der Waals surface area contributed by atoms with Gasteiger partial charge in [0, 0.05) is 12.1 Å². The number of benzene rings is 2. The lowest BCUT2D eigenvalue weighted by Gasteiger charge is -2.13. The molecule has 0 unspecified atom stereocenters. The number of methoxy groups -OCH3 is 1. The Hall–Kier alpha value is -2.78. The Morgan fingerprint density at radius 3 is 2.48 bits per heavy atom. The molecule has 10 heteroatoms.